The lowest BCUT2D eigenvalue weighted by atomic mass is 10.1. The van der Waals surface area contributed by atoms with E-state index in [1.54, 1.807) is 6.92 Å². The average molecular weight is 371 g/mol. The maximum absolute atomic E-state index is 12.3. The molecule has 1 aromatic rings. The molecule has 0 aromatic carbocycles. The van der Waals surface area contributed by atoms with Crippen LogP contribution in [0.2, 0.25) is 0 Å². The van der Waals surface area contributed by atoms with Crippen molar-refractivity contribution in [2.24, 2.45) is 0 Å². The van der Waals surface area contributed by atoms with Gasteiger partial charge in [-0.25, -0.2) is 9.59 Å². The van der Waals surface area contributed by atoms with Crippen molar-refractivity contribution in [1.29, 1.82) is 0 Å². The van der Waals surface area contributed by atoms with Gasteiger partial charge in [0, 0.05) is 0 Å². The lowest BCUT2D eigenvalue weighted by molar-refractivity contribution is -0.907. The van der Waals surface area contributed by atoms with E-state index in [0.29, 0.717) is 36.7 Å². The molecule has 1 aliphatic rings. The van der Waals surface area contributed by atoms with E-state index in [4.69, 9.17) is 14.2 Å². The van der Waals surface area contributed by atoms with E-state index < -0.39 is 11.9 Å². The molecule has 0 spiro atoms. The number of nitrogens with one attached hydrogen (secondary N) is 2. The van der Waals surface area contributed by atoms with Gasteiger partial charge < -0.3 is 24.4 Å². The Hall–Kier alpha value is -1.97. The molecular weight excluding hydrogens is 348 g/mol. The summed E-state index contributed by atoms with van der Waals surface area (Å²) in [5.41, 5.74) is 0.637. The Kier molecular flexibility index (Phi) is 6.91. The molecule has 9 heteroatoms. The van der Waals surface area contributed by atoms with Gasteiger partial charge in [-0.2, -0.15) is 0 Å². The fourth-order valence-electron chi connectivity index (χ4n) is 2.63. The van der Waals surface area contributed by atoms with Gasteiger partial charge in [-0.1, -0.05) is 0 Å². The third-order valence-electron chi connectivity index (χ3n) is 4.07. The Morgan fingerprint density at radius 1 is 1.16 bits per heavy atom. The molecule has 1 fully saturated rings. The second-order valence-electron chi connectivity index (χ2n) is 5.65. The zero-order valence-electron chi connectivity index (χ0n) is 14.6. The van der Waals surface area contributed by atoms with Crippen molar-refractivity contribution in [2.75, 3.05) is 52.4 Å². The SMILES string of the molecule is COC(=O)c1sc(NC(=O)CC[NH+]2CCOCC2)c(C(=O)OC)c1C. The Bertz CT molecular complexity index is 651. The van der Waals surface area contributed by atoms with Crippen molar-refractivity contribution in [3.63, 3.8) is 0 Å². The number of carbonyl (C=O) groups excluding carboxylic acids is 3. The van der Waals surface area contributed by atoms with Gasteiger partial charge in [0.05, 0.1) is 46.0 Å². The van der Waals surface area contributed by atoms with E-state index >= 15 is 0 Å². The number of anilines is 1. The molecule has 8 nitrogen and oxygen atoms in total. The first-order valence-electron chi connectivity index (χ1n) is 7.99. The maximum Gasteiger partial charge on any atom is 0.348 e. The molecule has 2 rings (SSSR count). The van der Waals surface area contributed by atoms with Crippen molar-refractivity contribution in [1.82, 2.24) is 0 Å². The highest BCUT2D eigenvalue weighted by Gasteiger charge is 2.27. The summed E-state index contributed by atoms with van der Waals surface area (Å²) in [4.78, 5) is 37.7. The maximum atomic E-state index is 12.3. The molecule has 0 saturated carbocycles. The number of ether oxygens (including phenoxy) is 3. The number of amides is 1. The minimum absolute atomic E-state index is 0.194. The summed E-state index contributed by atoms with van der Waals surface area (Å²) in [6.07, 6.45) is 0.320. The topological polar surface area (TPSA) is 95.4 Å². The van der Waals surface area contributed by atoms with Crippen LogP contribution in [0.1, 0.15) is 32.0 Å². The molecule has 2 heterocycles. The fraction of sp³-hybridized carbons (Fsp3) is 0.562. The van der Waals surface area contributed by atoms with Crippen LogP contribution >= 0.6 is 11.3 Å². The Balaban J connectivity index is 2.09. The summed E-state index contributed by atoms with van der Waals surface area (Å²) in [5, 5.41) is 3.04. The fourth-order valence-corrected chi connectivity index (χ4v) is 3.76. The van der Waals surface area contributed by atoms with Gasteiger partial charge in [0.1, 0.15) is 23.0 Å². The largest absolute Gasteiger partial charge is 0.465 e. The van der Waals surface area contributed by atoms with E-state index in [1.807, 2.05) is 0 Å². The van der Waals surface area contributed by atoms with Gasteiger partial charge in [-0.05, 0) is 12.5 Å². The number of methoxy groups -OCH3 is 2. The molecule has 0 atom stereocenters. The predicted molar refractivity (Wildman–Crippen MR) is 91.4 cm³/mol. The monoisotopic (exact) mass is 371 g/mol. The Labute approximate surface area is 150 Å². The molecule has 2 N–H and O–H groups in total. The highest BCUT2D eigenvalue weighted by Crippen LogP contribution is 2.34. The van der Waals surface area contributed by atoms with Crippen LogP contribution in [0.25, 0.3) is 0 Å². The predicted octanol–water partition coefficient (Wildman–Crippen LogP) is -0.127. The van der Waals surface area contributed by atoms with Crippen LogP contribution in [0.4, 0.5) is 5.00 Å². The van der Waals surface area contributed by atoms with Crippen LogP contribution in [0.3, 0.4) is 0 Å². The standard InChI is InChI=1S/C16H22N2O6S/c1-10-12(15(20)22-2)14(25-13(10)16(21)23-3)17-11(19)4-5-18-6-8-24-9-7-18/h4-9H2,1-3H3,(H,17,19)/p+1. The lowest BCUT2D eigenvalue weighted by Crippen LogP contribution is -3.14. The highest BCUT2D eigenvalue weighted by atomic mass is 32.1. The first-order valence-corrected chi connectivity index (χ1v) is 8.80. The van der Waals surface area contributed by atoms with Gasteiger partial charge in [0.2, 0.25) is 5.91 Å². The smallest absolute Gasteiger partial charge is 0.348 e. The van der Waals surface area contributed by atoms with Crippen molar-refractivity contribution in [2.45, 2.75) is 13.3 Å². The number of hydrogen-bond acceptors (Lipinski definition) is 7. The minimum Gasteiger partial charge on any atom is -0.465 e. The number of carbonyl (C=O) groups is 3. The molecule has 1 aromatic heterocycles. The van der Waals surface area contributed by atoms with Gasteiger partial charge in [0.25, 0.3) is 0 Å². The number of hydrogen-bond donors (Lipinski definition) is 2. The van der Waals surface area contributed by atoms with Crippen LogP contribution < -0.4 is 10.2 Å². The molecule has 1 aliphatic heterocycles. The van der Waals surface area contributed by atoms with Crippen LogP contribution in [0, 0.1) is 6.92 Å². The quantitative estimate of drug-likeness (QED) is 0.677. The number of thiophene rings is 1. The summed E-state index contributed by atoms with van der Waals surface area (Å²) in [6.45, 7) is 5.49. The van der Waals surface area contributed by atoms with Gasteiger partial charge in [-0.3, -0.25) is 4.79 Å². The van der Waals surface area contributed by atoms with Crippen LogP contribution in [0.5, 0.6) is 0 Å². The minimum atomic E-state index is -0.599. The van der Waals surface area contributed by atoms with Crippen molar-refractivity contribution in [3.8, 4) is 0 Å². The van der Waals surface area contributed by atoms with E-state index in [2.05, 4.69) is 5.32 Å². The van der Waals surface area contributed by atoms with Crippen LogP contribution in [-0.2, 0) is 19.0 Å². The normalized spacial score (nSPS) is 14.8. The zero-order chi connectivity index (χ0) is 18.4. The summed E-state index contributed by atoms with van der Waals surface area (Å²) < 4.78 is 14.8. The van der Waals surface area contributed by atoms with Crippen molar-refractivity contribution >= 4 is 34.2 Å². The third kappa shape index (κ3) is 4.77. The average Bonchev–Trinajstić information content (AvgIpc) is 2.95. The van der Waals surface area contributed by atoms with Crippen molar-refractivity contribution in [3.05, 3.63) is 16.0 Å². The summed E-state index contributed by atoms with van der Waals surface area (Å²) in [7, 11) is 2.52. The van der Waals surface area contributed by atoms with E-state index in [9.17, 15) is 14.4 Å². The van der Waals surface area contributed by atoms with Gasteiger partial charge in [0.15, 0.2) is 0 Å². The molecule has 0 unspecified atom stereocenters. The lowest BCUT2D eigenvalue weighted by Gasteiger charge is -2.23. The van der Waals surface area contributed by atoms with Crippen molar-refractivity contribution < 1.29 is 33.5 Å². The first kappa shape index (κ1) is 19.4. The second kappa shape index (κ2) is 8.93. The molecule has 1 saturated heterocycles. The van der Waals surface area contributed by atoms with Crippen LogP contribution in [0.15, 0.2) is 0 Å². The number of quaternary nitrogens is 1. The molecule has 138 valence electrons. The van der Waals surface area contributed by atoms with Gasteiger partial charge >= 0.3 is 11.9 Å². The van der Waals surface area contributed by atoms with E-state index in [0.717, 1.165) is 24.4 Å². The van der Waals surface area contributed by atoms with Gasteiger partial charge in [-0.15, -0.1) is 11.3 Å². The van der Waals surface area contributed by atoms with Crippen LogP contribution in [-0.4, -0.2) is 64.9 Å². The molecule has 0 bridgehead atoms. The van der Waals surface area contributed by atoms with E-state index in [-0.39, 0.29) is 16.3 Å². The zero-order valence-corrected chi connectivity index (χ0v) is 15.4. The second-order valence-corrected chi connectivity index (χ2v) is 6.67. The molecular formula is C16H23N2O6S+. The molecule has 1 amide bonds. The summed E-state index contributed by atoms with van der Waals surface area (Å²) in [5.74, 6) is -1.36. The highest BCUT2D eigenvalue weighted by molar-refractivity contribution is 7.18. The molecule has 0 radical (unpaired) electrons. The summed E-state index contributed by atoms with van der Waals surface area (Å²) >= 11 is 1.02. The number of esters is 2. The molecule has 0 aliphatic carbocycles. The third-order valence-corrected chi connectivity index (χ3v) is 5.25. The molecule has 25 heavy (non-hydrogen) atoms. The van der Waals surface area contributed by atoms with E-state index in [1.165, 1.54) is 19.1 Å². The first-order chi connectivity index (χ1) is 12.0. The number of morpholine rings is 1. The Morgan fingerprint density at radius 2 is 1.80 bits per heavy atom. The number of rotatable bonds is 6. The summed E-state index contributed by atoms with van der Waals surface area (Å²) in [6, 6.07) is 0. The Morgan fingerprint density at radius 3 is 2.40 bits per heavy atom.